The number of nitrogens with two attached hydrogens (primary N) is 1. The Morgan fingerprint density at radius 3 is 2.62 bits per heavy atom. The lowest BCUT2D eigenvalue weighted by Crippen LogP contribution is -2.40. The minimum absolute atomic E-state index is 0.0536. The molecule has 0 aromatic heterocycles. The molecule has 144 valence electrons. The average molecular weight is 383 g/mol. The zero-order chi connectivity index (χ0) is 19.0. The van der Waals surface area contributed by atoms with E-state index in [1.54, 1.807) is 0 Å². The Labute approximate surface area is 153 Å². The maximum absolute atomic E-state index is 12.2. The smallest absolute Gasteiger partial charge is 0.270 e. The van der Waals surface area contributed by atoms with Gasteiger partial charge in [0.15, 0.2) is 5.96 Å². The molecule has 0 radical (unpaired) electrons. The Morgan fingerprint density at radius 2 is 1.96 bits per heavy atom. The van der Waals surface area contributed by atoms with Gasteiger partial charge in [-0.25, -0.2) is 13.1 Å². The van der Waals surface area contributed by atoms with Gasteiger partial charge < -0.3 is 11.1 Å². The van der Waals surface area contributed by atoms with Crippen LogP contribution >= 0.6 is 0 Å². The van der Waals surface area contributed by atoms with Gasteiger partial charge in [0, 0.05) is 24.7 Å². The van der Waals surface area contributed by atoms with Gasteiger partial charge in [-0.3, -0.25) is 15.1 Å². The van der Waals surface area contributed by atoms with Crippen LogP contribution in [-0.2, 0) is 10.0 Å². The summed E-state index contributed by atoms with van der Waals surface area (Å²) in [6, 6.07) is 5.22. The molecule has 2 rings (SSSR count). The summed E-state index contributed by atoms with van der Waals surface area (Å²) in [7, 11) is -3.83. The van der Waals surface area contributed by atoms with E-state index in [-0.39, 0.29) is 23.7 Å². The second-order valence-corrected chi connectivity index (χ2v) is 8.02. The average Bonchev–Trinajstić information content (AvgIpc) is 2.87. The van der Waals surface area contributed by atoms with E-state index in [2.05, 4.69) is 15.0 Å². The first-order chi connectivity index (χ1) is 12.4. The Morgan fingerprint density at radius 1 is 1.27 bits per heavy atom. The molecule has 0 amide bonds. The quantitative estimate of drug-likeness (QED) is 0.163. The molecule has 0 heterocycles. The molecule has 26 heavy (non-hydrogen) atoms. The summed E-state index contributed by atoms with van der Waals surface area (Å²) in [6.07, 6.45) is 6.97. The van der Waals surface area contributed by atoms with Gasteiger partial charge in [0.1, 0.15) is 0 Å². The molecule has 4 N–H and O–H groups in total. The lowest BCUT2D eigenvalue weighted by molar-refractivity contribution is -0.385. The number of nitrogens with one attached hydrogen (secondary N) is 2. The van der Waals surface area contributed by atoms with E-state index >= 15 is 0 Å². The Hall–Kier alpha value is -2.20. The fourth-order valence-corrected chi connectivity index (χ4v) is 3.94. The number of rotatable bonds is 7. The number of sulfonamides is 1. The van der Waals surface area contributed by atoms with Crippen LogP contribution in [0, 0.1) is 10.1 Å². The minimum atomic E-state index is -3.83. The van der Waals surface area contributed by atoms with Crippen LogP contribution < -0.4 is 15.8 Å². The van der Waals surface area contributed by atoms with E-state index in [0.29, 0.717) is 12.0 Å². The summed E-state index contributed by atoms with van der Waals surface area (Å²) in [5.41, 5.74) is 5.58. The number of benzene rings is 1. The number of non-ortho nitro benzene ring substituents is 1. The maximum atomic E-state index is 12.2. The van der Waals surface area contributed by atoms with Crippen molar-refractivity contribution in [2.75, 3.05) is 13.1 Å². The molecule has 0 aliphatic heterocycles. The van der Waals surface area contributed by atoms with E-state index in [1.165, 1.54) is 43.9 Å². The zero-order valence-corrected chi connectivity index (χ0v) is 15.4. The Kier molecular flexibility index (Phi) is 7.34. The van der Waals surface area contributed by atoms with Gasteiger partial charge in [0.2, 0.25) is 10.0 Å². The molecule has 1 saturated carbocycles. The van der Waals surface area contributed by atoms with Crippen molar-refractivity contribution >= 4 is 21.7 Å². The van der Waals surface area contributed by atoms with Gasteiger partial charge in [-0.15, -0.1) is 0 Å². The molecule has 9 nitrogen and oxygen atoms in total. The first kappa shape index (κ1) is 20.1. The van der Waals surface area contributed by atoms with Crippen LogP contribution in [0.1, 0.15) is 38.5 Å². The van der Waals surface area contributed by atoms with Crippen LogP contribution in [0.25, 0.3) is 0 Å². The number of nitro benzene ring substituents is 1. The fraction of sp³-hybridized carbons (Fsp3) is 0.562. The zero-order valence-electron chi connectivity index (χ0n) is 14.6. The van der Waals surface area contributed by atoms with Crippen molar-refractivity contribution in [3.05, 3.63) is 34.4 Å². The van der Waals surface area contributed by atoms with Crippen molar-refractivity contribution in [3.63, 3.8) is 0 Å². The van der Waals surface area contributed by atoms with E-state index < -0.39 is 14.9 Å². The second-order valence-electron chi connectivity index (χ2n) is 6.25. The predicted molar refractivity (Wildman–Crippen MR) is 99.4 cm³/mol. The van der Waals surface area contributed by atoms with E-state index in [9.17, 15) is 18.5 Å². The molecule has 1 aliphatic carbocycles. The number of aliphatic imine (C=N–C) groups is 1. The van der Waals surface area contributed by atoms with Crippen LogP contribution in [0.3, 0.4) is 0 Å². The number of nitro groups is 1. The summed E-state index contributed by atoms with van der Waals surface area (Å²) in [4.78, 5) is 14.1. The molecule has 10 heteroatoms. The van der Waals surface area contributed by atoms with Crippen molar-refractivity contribution in [1.82, 2.24) is 10.0 Å². The SMILES string of the molecule is NC(=NCCNS(=O)(=O)c1cccc([N+](=O)[O-])c1)NC1CCCCCC1. The van der Waals surface area contributed by atoms with Gasteiger partial charge in [0.05, 0.1) is 16.4 Å². The van der Waals surface area contributed by atoms with Crippen LogP contribution in [-0.4, -0.2) is 38.4 Å². The van der Waals surface area contributed by atoms with E-state index in [4.69, 9.17) is 5.73 Å². The van der Waals surface area contributed by atoms with Gasteiger partial charge in [0.25, 0.3) is 5.69 Å². The summed E-state index contributed by atoms with van der Waals surface area (Å²) in [6.45, 7) is 0.234. The highest BCUT2D eigenvalue weighted by Gasteiger charge is 2.17. The van der Waals surface area contributed by atoms with Crippen LogP contribution in [0.15, 0.2) is 34.2 Å². The molecule has 1 aromatic rings. The van der Waals surface area contributed by atoms with Crippen LogP contribution in [0.2, 0.25) is 0 Å². The Bertz CT molecular complexity index is 743. The normalized spacial score (nSPS) is 16.8. The summed E-state index contributed by atoms with van der Waals surface area (Å²) >= 11 is 0. The molecule has 1 aliphatic rings. The lowest BCUT2D eigenvalue weighted by Gasteiger charge is -2.16. The van der Waals surface area contributed by atoms with Gasteiger partial charge >= 0.3 is 0 Å². The number of nitrogens with zero attached hydrogens (tertiary/aromatic N) is 2. The van der Waals surface area contributed by atoms with Crippen LogP contribution in [0.5, 0.6) is 0 Å². The van der Waals surface area contributed by atoms with Crippen molar-refractivity contribution in [1.29, 1.82) is 0 Å². The molecular weight excluding hydrogens is 358 g/mol. The van der Waals surface area contributed by atoms with Gasteiger partial charge in [-0.2, -0.15) is 0 Å². The maximum Gasteiger partial charge on any atom is 0.270 e. The molecule has 0 bridgehead atoms. The third kappa shape index (κ3) is 6.26. The van der Waals surface area contributed by atoms with Crippen molar-refractivity contribution < 1.29 is 13.3 Å². The monoisotopic (exact) mass is 383 g/mol. The summed E-state index contributed by atoms with van der Waals surface area (Å²) in [5.74, 6) is 0.312. The third-order valence-electron chi connectivity index (χ3n) is 4.23. The minimum Gasteiger partial charge on any atom is -0.370 e. The van der Waals surface area contributed by atoms with Crippen molar-refractivity contribution in [2.45, 2.75) is 49.5 Å². The van der Waals surface area contributed by atoms with Gasteiger partial charge in [-0.05, 0) is 18.9 Å². The molecular formula is C16H25N5O4S. The number of hydrogen-bond acceptors (Lipinski definition) is 5. The van der Waals surface area contributed by atoms with E-state index in [0.717, 1.165) is 18.9 Å². The van der Waals surface area contributed by atoms with Crippen molar-refractivity contribution in [3.8, 4) is 0 Å². The first-order valence-electron chi connectivity index (χ1n) is 8.69. The highest BCUT2D eigenvalue weighted by molar-refractivity contribution is 7.89. The topological polar surface area (TPSA) is 140 Å². The molecule has 0 atom stereocenters. The largest absolute Gasteiger partial charge is 0.370 e. The summed E-state index contributed by atoms with van der Waals surface area (Å²) in [5, 5.41) is 13.9. The highest BCUT2D eigenvalue weighted by Crippen LogP contribution is 2.17. The van der Waals surface area contributed by atoms with Crippen LogP contribution in [0.4, 0.5) is 5.69 Å². The summed E-state index contributed by atoms with van der Waals surface area (Å²) < 4.78 is 26.7. The third-order valence-corrected chi connectivity index (χ3v) is 5.69. The van der Waals surface area contributed by atoms with E-state index in [1.807, 2.05) is 0 Å². The second kappa shape index (κ2) is 9.48. The van der Waals surface area contributed by atoms with Gasteiger partial charge in [-0.1, -0.05) is 31.7 Å². The molecule has 0 saturated heterocycles. The highest BCUT2D eigenvalue weighted by atomic mass is 32.2. The molecule has 0 spiro atoms. The fourth-order valence-electron chi connectivity index (χ4n) is 2.88. The molecule has 1 aromatic carbocycles. The number of hydrogen-bond donors (Lipinski definition) is 3. The Balaban J connectivity index is 1.83. The lowest BCUT2D eigenvalue weighted by atomic mass is 10.1. The standard InChI is InChI=1S/C16H25N5O4S/c17-16(20-13-6-3-1-2-4-7-13)18-10-11-19-26(24,25)15-9-5-8-14(12-15)21(22)23/h5,8-9,12-13,19H,1-4,6-7,10-11H2,(H3,17,18,20). The number of guanidine groups is 1. The first-order valence-corrected chi connectivity index (χ1v) is 10.2. The molecule has 0 unspecified atom stereocenters. The molecule has 1 fully saturated rings. The van der Waals surface area contributed by atoms with Crippen molar-refractivity contribution in [2.24, 2.45) is 10.7 Å². The predicted octanol–water partition coefficient (Wildman–Crippen LogP) is 1.50.